The van der Waals surface area contributed by atoms with Crippen molar-refractivity contribution in [2.75, 3.05) is 11.4 Å². The Morgan fingerprint density at radius 1 is 1.30 bits per heavy atom. The highest BCUT2D eigenvalue weighted by Gasteiger charge is 2.36. The molecule has 2 aliphatic rings. The van der Waals surface area contributed by atoms with Crippen LogP contribution in [-0.2, 0) is 11.2 Å². The topological polar surface area (TPSA) is 37.4 Å². The predicted molar refractivity (Wildman–Crippen MR) is 82.6 cm³/mol. The van der Waals surface area contributed by atoms with Gasteiger partial charge in [0.1, 0.15) is 0 Å². The Morgan fingerprint density at radius 3 is 2.60 bits per heavy atom. The molecular formula is C16H18BrNO2. The Bertz CT molecular complexity index is 585. The fourth-order valence-corrected chi connectivity index (χ4v) is 2.89. The molecule has 1 saturated carbocycles. The van der Waals surface area contributed by atoms with Crippen LogP contribution in [0, 0.1) is 5.92 Å². The maximum absolute atomic E-state index is 12.3. The van der Waals surface area contributed by atoms with E-state index in [9.17, 15) is 9.59 Å². The van der Waals surface area contributed by atoms with Crippen molar-refractivity contribution in [1.82, 2.24) is 0 Å². The van der Waals surface area contributed by atoms with Crippen LogP contribution in [0.4, 0.5) is 5.69 Å². The molecule has 1 fully saturated rings. The number of benzene rings is 1. The maximum Gasteiger partial charge on any atom is 0.230 e. The molecule has 20 heavy (non-hydrogen) atoms. The lowest BCUT2D eigenvalue weighted by atomic mass is 9.98. The predicted octanol–water partition coefficient (Wildman–Crippen LogP) is 3.34. The summed E-state index contributed by atoms with van der Waals surface area (Å²) in [6.07, 6.45) is 2.90. The molecular weight excluding hydrogens is 318 g/mol. The standard InChI is InChI=1S/C16H18BrNO2/c1-16(2,17)14(19)12-5-6-13-11(9-12)7-8-18(13)15(20)10-3-4-10/h5-6,9-10H,3-4,7-8H2,1-2H3. The van der Waals surface area contributed by atoms with Crippen LogP contribution in [0.25, 0.3) is 0 Å². The molecule has 0 N–H and O–H groups in total. The van der Waals surface area contributed by atoms with Gasteiger partial charge in [0, 0.05) is 23.7 Å². The number of rotatable bonds is 3. The second-order valence-electron chi connectivity index (χ2n) is 6.16. The number of hydrogen-bond acceptors (Lipinski definition) is 2. The zero-order chi connectivity index (χ0) is 14.5. The lowest BCUT2D eigenvalue weighted by molar-refractivity contribution is -0.119. The van der Waals surface area contributed by atoms with E-state index in [1.165, 1.54) is 0 Å². The monoisotopic (exact) mass is 335 g/mol. The minimum absolute atomic E-state index is 0.0762. The van der Waals surface area contributed by atoms with Gasteiger partial charge in [0.15, 0.2) is 5.78 Å². The van der Waals surface area contributed by atoms with Crippen molar-refractivity contribution in [3.8, 4) is 0 Å². The number of Topliss-reactive ketones (excluding diaryl/α,β-unsaturated/α-hetero) is 1. The number of amides is 1. The molecule has 106 valence electrons. The van der Waals surface area contributed by atoms with Gasteiger partial charge in [-0.3, -0.25) is 9.59 Å². The van der Waals surface area contributed by atoms with Gasteiger partial charge in [0.25, 0.3) is 0 Å². The first-order chi connectivity index (χ1) is 9.38. The molecule has 1 aliphatic carbocycles. The van der Waals surface area contributed by atoms with Crippen molar-refractivity contribution < 1.29 is 9.59 Å². The molecule has 0 bridgehead atoms. The number of fused-ring (bicyclic) bond motifs is 1. The molecule has 1 aromatic carbocycles. The summed E-state index contributed by atoms with van der Waals surface area (Å²) in [5.74, 6) is 0.569. The summed E-state index contributed by atoms with van der Waals surface area (Å²) in [6, 6.07) is 5.71. The van der Waals surface area contributed by atoms with Crippen LogP contribution in [0.2, 0.25) is 0 Å². The van der Waals surface area contributed by atoms with Gasteiger partial charge in [-0.2, -0.15) is 0 Å². The third-order valence-corrected chi connectivity index (χ3v) is 4.33. The number of carbonyl (C=O) groups is 2. The first kappa shape index (κ1) is 13.8. The Morgan fingerprint density at radius 2 is 2.00 bits per heavy atom. The highest BCUT2D eigenvalue weighted by Crippen LogP contribution is 2.37. The normalized spacial score (nSPS) is 18.1. The number of nitrogens with zero attached hydrogens (tertiary/aromatic N) is 1. The molecule has 3 nitrogen and oxygen atoms in total. The first-order valence-corrected chi connectivity index (χ1v) is 7.85. The van der Waals surface area contributed by atoms with E-state index in [-0.39, 0.29) is 17.6 Å². The van der Waals surface area contributed by atoms with Crippen molar-refractivity contribution >= 4 is 33.3 Å². The molecule has 1 aliphatic heterocycles. The van der Waals surface area contributed by atoms with E-state index < -0.39 is 4.32 Å². The molecule has 1 aromatic rings. The lowest BCUT2D eigenvalue weighted by Crippen LogP contribution is -2.30. The van der Waals surface area contributed by atoms with Crippen LogP contribution in [0.15, 0.2) is 18.2 Å². The number of carbonyl (C=O) groups excluding carboxylic acids is 2. The molecule has 0 unspecified atom stereocenters. The maximum atomic E-state index is 12.3. The van der Waals surface area contributed by atoms with Crippen LogP contribution in [0.1, 0.15) is 42.6 Å². The molecule has 4 heteroatoms. The number of anilines is 1. The molecule has 3 rings (SSSR count). The third kappa shape index (κ3) is 2.41. The fourth-order valence-electron chi connectivity index (χ4n) is 2.67. The highest BCUT2D eigenvalue weighted by atomic mass is 79.9. The molecule has 1 amide bonds. The van der Waals surface area contributed by atoms with E-state index in [1.807, 2.05) is 36.9 Å². The summed E-state index contributed by atoms with van der Waals surface area (Å²) in [4.78, 5) is 26.4. The van der Waals surface area contributed by atoms with Crippen LogP contribution in [-0.4, -0.2) is 22.6 Å². The fraction of sp³-hybridized carbons (Fsp3) is 0.500. The first-order valence-electron chi connectivity index (χ1n) is 7.06. The smallest absolute Gasteiger partial charge is 0.230 e. The minimum Gasteiger partial charge on any atom is -0.312 e. The SMILES string of the molecule is CC(C)(Br)C(=O)c1ccc2c(c1)CCN2C(=O)C1CC1. The van der Waals surface area contributed by atoms with Gasteiger partial charge in [-0.1, -0.05) is 15.9 Å². The Balaban J connectivity index is 1.88. The van der Waals surface area contributed by atoms with Gasteiger partial charge in [0.05, 0.1) is 4.32 Å². The van der Waals surface area contributed by atoms with E-state index >= 15 is 0 Å². The average molecular weight is 336 g/mol. The number of hydrogen-bond donors (Lipinski definition) is 0. The molecule has 0 spiro atoms. The molecule has 1 heterocycles. The van der Waals surface area contributed by atoms with E-state index in [0.29, 0.717) is 5.56 Å². The van der Waals surface area contributed by atoms with Crippen LogP contribution in [0.5, 0.6) is 0 Å². The Hall–Kier alpha value is -1.16. The summed E-state index contributed by atoms with van der Waals surface area (Å²) in [5, 5.41) is 0. The largest absolute Gasteiger partial charge is 0.312 e. The van der Waals surface area contributed by atoms with Crippen LogP contribution in [0.3, 0.4) is 0 Å². The number of ketones is 1. The second-order valence-corrected chi connectivity index (χ2v) is 8.14. The number of alkyl halides is 1. The van der Waals surface area contributed by atoms with Crippen LogP contribution >= 0.6 is 15.9 Å². The lowest BCUT2D eigenvalue weighted by Gasteiger charge is -2.18. The Kier molecular flexibility index (Phi) is 3.24. The zero-order valence-electron chi connectivity index (χ0n) is 11.8. The van der Waals surface area contributed by atoms with E-state index in [2.05, 4.69) is 15.9 Å². The van der Waals surface area contributed by atoms with Crippen LogP contribution < -0.4 is 4.90 Å². The average Bonchev–Trinajstić information content (AvgIpc) is 3.15. The van der Waals surface area contributed by atoms with Gasteiger partial charge in [-0.05, 0) is 56.9 Å². The van der Waals surface area contributed by atoms with Crippen molar-refractivity contribution in [1.29, 1.82) is 0 Å². The summed E-state index contributed by atoms with van der Waals surface area (Å²) >= 11 is 3.41. The van der Waals surface area contributed by atoms with Gasteiger partial charge in [0.2, 0.25) is 5.91 Å². The summed E-state index contributed by atoms with van der Waals surface area (Å²) in [5.41, 5.74) is 2.82. The van der Waals surface area contributed by atoms with Gasteiger partial charge in [-0.25, -0.2) is 0 Å². The molecule has 0 aromatic heterocycles. The summed E-state index contributed by atoms with van der Waals surface area (Å²) < 4.78 is -0.552. The summed E-state index contributed by atoms with van der Waals surface area (Å²) in [7, 11) is 0. The highest BCUT2D eigenvalue weighted by molar-refractivity contribution is 9.10. The third-order valence-electron chi connectivity index (χ3n) is 3.97. The van der Waals surface area contributed by atoms with E-state index in [1.54, 1.807) is 0 Å². The second kappa shape index (κ2) is 4.69. The zero-order valence-corrected chi connectivity index (χ0v) is 13.4. The van der Waals surface area contributed by atoms with Crippen molar-refractivity contribution in [3.05, 3.63) is 29.3 Å². The Labute approximate surface area is 127 Å². The van der Waals surface area contributed by atoms with E-state index in [4.69, 9.17) is 0 Å². The summed E-state index contributed by atoms with van der Waals surface area (Å²) in [6.45, 7) is 4.46. The number of halogens is 1. The quantitative estimate of drug-likeness (QED) is 0.627. The molecule has 0 atom stereocenters. The minimum atomic E-state index is -0.552. The molecule has 0 saturated heterocycles. The van der Waals surface area contributed by atoms with Gasteiger partial charge in [-0.15, -0.1) is 0 Å². The van der Waals surface area contributed by atoms with Crippen molar-refractivity contribution in [3.63, 3.8) is 0 Å². The van der Waals surface area contributed by atoms with Gasteiger partial charge < -0.3 is 4.90 Å². The van der Waals surface area contributed by atoms with E-state index in [0.717, 1.165) is 37.1 Å². The molecule has 0 radical (unpaired) electrons. The van der Waals surface area contributed by atoms with Crippen molar-refractivity contribution in [2.24, 2.45) is 5.92 Å². The van der Waals surface area contributed by atoms with Gasteiger partial charge >= 0.3 is 0 Å². The van der Waals surface area contributed by atoms with Crippen molar-refractivity contribution in [2.45, 2.75) is 37.4 Å².